The van der Waals surface area contributed by atoms with Gasteiger partial charge >= 0.3 is 0 Å². The van der Waals surface area contributed by atoms with Crippen LogP contribution in [0.2, 0.25) is 0 Å². The van der Waals surface area contributed by atoms with Gasteiger partial charge in [-0.05, 0) is 77.0 Å². The second kappa shape index (κ2) is 9.23. The van der Waals surface area contributed by atoms with Crippen LogP contribution in [-0.4, -0.2) is 53.6 Å². The Kier molecular flexibility index (Phi) is 6.67. The largest absolute Gasteiger partial charge is 0.493 e. The fourth-order valence-electron chi connectivity index (χ4n) is 4.81. The van der Waals surface area contributed by atoms with Crippen molar-refractivity contribution in [3.63, 3.8) is 0 Å². The van der Waals surface area contributed by atoms with E-state index in [2.05, 4.69) is 36.7 Å². The van der Waals surface area contributed by atoms with Gasteiger partial charge in [0.15, 0.2) is 0 Å². The van der Waals surface area contributed by atoms with Gasteiger partial charge in [-0.15, -0.1) is 6.58 Å². The van der Waals surface area contributed by atoms with Crippen LogP contribution in [0.15, 0.2) is 36.9 Å². The topological polar surface area (TPSA) is 44.8 Å². The second-order valence-electron chi connectivity index (χ2n) is 8.73. The van der Waals surface area contributed by atoms with Crippen molar-refractivity contribution >= 4 is 15.4 Å². The Balaban J connectivity index is 1.38. The van der Waals surface area contributed by atoms with Gasteiger partial charge in [0, 0.05) is 36.2 Å². The van der Waals surface area contributed by atoms with Crippen molar-refractivity contribution in [2.75, 3.05) is 33.0 Å². The summed E-state index contributed by atoms with van der Waals surface area (Å²) in [6.45, 7) is 7.65. The molecule has 4 rings (SSSR count). The third-order valence-corrected chi connectivity index (χ3v) is 9.84. The van der Waals surface area contributed by atoms with Crippen molar-refractivity contribution in [3.8, 4) is 5.75 Å². The van der Waals surface area contributed by atoms with Gasteiger partial charge in [0.05, 0.1) is 13.2 Å². The monoisotopic (exact) mass is 418 g/mol. The summed E-state index contributed by atoms with van der Waals surface area (Å²) in [6.07, 6.45) is 7.05. The SMILES string of the molecule is C=CC([C@H]1CCOC[C@@H]1COc1ccc(C2CCOCC2)cc1)S(=C)(=O)C1CC1. The van der Waals surface area contributed by atoms with Gasteiger partial charge in [0.25, 0.3) is 0 Å². The highest BCUT2D eigenvalue weighted by Crippen LogP contribution is 2.38. The van der Waals surface area contributed by atoms with Gasteiger partial charge in [-0.1, -0.05) is 18.2 Å². The molecular weight excluding hydrogens is 384 g/mol. The fraction of sp³-hybridized carbons (Fsp3) is 0.625. The van der Waals surface area contributed by atoms with Crippen LogP contribution in [-0.2, 0) is 19.0 Å². The number of rotatable bonds is 8. The van der Waals surface area contributed by atoms with Crippen LogP contribution in [0.5, 0.6) is 5.75 Å². The highest BCUT2D eigenvalue weighted by Gasteiger charge is 2.41. The molecule has 0 bridgehead atoms. The first-order valence-electron chi connectivity index (χ1n) is 11.0. The average molecular weight is 419 g/mol. The molecule has 2 heterocycles. The van der Waals surface area contributed by atoms with Crippen molar-refractivity contribution in [1.29, 1.82) is 0 Å². The molecule has 3 fully saturated rings. The van der Waals surface area contributed by atoms with E-state index in [1.54, 1.807) is 0 Å². The third kappa shape index (κ3) is 4.89. The van der Waals surface area contributed by atoms with E-state index in [0.717, 1.165) is 51.1 Å². The minimum Gasteiger partial charge on any atom is -0.493 e. The summed E-state index contributed by atoms with van der Waals surface area (Å²) in [5.74, 6) is 6.10. The molecule has 0 spiro atoms. The van der Waals surface area contributed by atoms with Crippen molar-refractivity contribution in [2.24, 2.45) is 11.8 Å². The lowest BCUT2D eigenvalue weighted by Gasteiger charge is -2.37. The van der Waals surface area contributed by atoms with E-state index in [1.807, 2.05) is 6.08 Å². The molecule has 0 aromatic heterocycles. The van der Waals surface area contributed by atoms with Crippen molar-refractivity contribution < 1.29 is 18.4 Å². The van der Waals surface area contributed by atoms with Crippen LogP contribution in [0.25, 0.3) is 0 Å². The maximum Gasteiger partial charge on any atom is 0.119 e. The van der Waals surface area contributed by atoms with Crippen LogP contribution in [0.4, 0.5) is 0 Å². The van der Waals surface area contributed by atoms with Gasteiger partial charge in [-0.2, -0.15) is 0 Å². The molecule has 2 unspecified atom stereocenters. The Hall–Kier alpha value is -1.30. The quantitative estimate of drug-likeness (QED) is 0.472. The van der Waals surface area contributed by atoms with Crippen molar-refractivity contribution in [3.05, 3.63) is 42.5 Å². The molecule has 1 aromatic rings. The zero-order valence-electron chi connectivity index (χ0n) is 17.3. The first-order valence-corrected chi connectivity index (χ1v) is 12.8. The van der Waals surface area contributed by atoms with E-state index in [9.17, 15) is 4.21 Å². The maximum absolute atomic E-state index is 13.3. The summed E-state index contributed by atoms with van der Waals surface area (Å²) in [5.41, 5.74) is 1.37. The van der Waals surface area contributed by atoms with Crippen LogP contribution in [0.1, 0.15) is 43.6 Å². The van der Waals surface area contributed by atoms with Crippen molar-refractivity contribution in [2.45, 2.75) is 48.5 Å². The molecule has 3 aliphatic rings. The zero-order valence-corrected chi connectivity index (χ0v) is 18.1. The van der Waals surface area contributed by atoms with E-state index < -0.39 is 9.52 Å². The molecule has 4 nitrogen and oxygen atoms in total. The van der Waals surface area contributed by atoms with Crippen LogP contribution < -0.4 is 4.74 Å². The molecule has 160 valence electrons. The second-order valence-corrected chi connectivity index (χ2v) is 11.5. The first-order chi connectivity index (χ1) is 14.1. The molecule has 29 heavy (non-hydrogen) atoms. The lowest BCUT2D eigenvalue weighted by molar-refractivity contribution is -0.000130. The van der Waals surface area contributed by atoms with E-state index in [0.29, 0.717) is 25.7 Å². The highest BCUT2D eigenvalue weighted by molar-refractivity contribution is 8.01. The van der Waals surface area contributed by atoms with E-state index in [1.165, 1.54) is 5.56 Å². The molecule has 2 saturated heterocycles. The minimum atomic E-state index is -2.15. The fourth-order valence-corrected chi connectivity index (χ4v) is 7.47. The average Bonchev–Trinajstić information content (AvgIpc) is 3.61. The van der Waals surface area contributed by atoms with Crippen LogP contribution in [0, 0.1) is 11.8 Å². The molecule has 4 atom stereocenters. The predicted molar refractivity (Wildman–Crippen MR) is 119 cm³/mol. The number of hydrogen-bond donors (Lipinski definition) is 0. The molecule has 0 radical (unpaired) electrons. The minimum absolute atomic E-state index is 0.0524. The molecule has 1 aliphatic carbocycles. The Morgan fingerprint density at radius 1 is 1.07 bits per heavy atom. The van der Waals surface area contributed by atoms with Crippen molar-refractivity contribution in [1.82, 2.24) is 0 Å². The standard InChI is InChI=1S/C24H34O4S/c1-3-24(29(2,25)22-8-9-22)23-12-15-27-16-20(23)17-28-21-6-4-18(5-7-21)19-10-13-26-14-11-19/h3-7,19-20,22-24H,1-2,8-17H2/t20-,23+,24?,29?/m1/s1. The summed E-state index contributed by atoms with van der Waals surface area (Å²) >= 11 is 0. The third-order valence-electron chi connectivity index (χ3n) is 6.77. The molecule has 5 heteroatoms. The Morgan fingerprint density at radius 3 is 2.41 bits per heavy atom. The summed E-state index contributed by atoms with van der Waals surface area (Å²) in [6, 6.07) is 8.51. The first kappa shape index (κ1) is 21.0. The summed E-state index contributed by atoms with van der Waals surface area (Å²) in [7, 11) is -2.15. The van der Waals surface area contributed by atoms with E-state index >= 15 is 0 Å². The van der Waals surface area contributed by atoms with Gasteiger partial charge < -0.3 is 14.2 Å². The normalized spacial score (nSPS) is 29.0. The van der Waals surface area contributed by atoms with Gasteiger partial charge in [-0.3, -0.25) is 4.21 Å². The Labute approximate surface area is 175 Å². The lowest BCUT2D eigenvalue weighted by Crippen LogP contribution is -2.42. The summed E-state index contributed by atoms with van der Waals surface area (Å²) in [4.78, 5) is 0. The number of ether oxygens (including phenoxy) is 3. The number of hydrogen-bond acceptors (Lipinski definition) is 4. The predicted octanol–water partition coefficient (Wildman–Crippen LogP) is 4.05. The highest BCUT2D eigenvalue weighted by atomic mass is 32.2. The van der Waals surface area contributed by atoms with Crippen LogP contribution >= 0.6 is 0 Å². The Bertz CT molecular complexity index is 776. The van der Waals surface area contributed by atoms with E-state index in [4.69, 9.17) is 14.2 Å². The molecule has 2 aliphatic heterocycles. The van der Waals surface area contributed by atoms with E-state index in [-0.39, 0.29) is 22.3 Å². The lowest BCUT2D eigenvalue weighted by atomic mass is 9.86. The number of benzene rings is 1. The van der Waals surface area contributed by atoms with Gasteiger partial charge in [0.1, 0.15) is 5.75 Å². The van der Waals surface area contributed by atoms with Gasteiger partial charge in [-0.25, -0.2) is 0 Å². The zero-order chi connectivity index (χ0) is 20.3. The summed E-state index contributed by atoms with van der Waals surface area (Å²) < 4.78 is 30.7. The molecule has 1 aromatic carbocycles. The maximum atomic E-state index is 13.3. The van der Waals surface area contributed by atoms with Crippen LogP contribution in [0.3, 0.4) is 0 Å². The smallest absolute Gasteiger partial charge is 0.119 e. The summed E-state index contributed by atoms with van der Waals surface area (Å²) in [5, 5.41) is 0.219. The molecular formula is C24H34O4S. The molecule has 0 amide bonds. The molecule has 0 N–H and O–H groups in total. The van der Waals surface area contributed by atoms with Gasteiger partial charge in [0.2, 0.25) is 0 Å². The Morgan fingerprint density at radius 2 is 1.76 bits per heavy atom. The molecule has 1 saturated carbocycles.